The third-order valence-corrected chi connectivity index (χ3v) is 4.04. The monoisotopic (exact) mass is 341 g/mol. The van der Waals surface area contributed by atoms with Gasteiger partial charge in [-0.15, -0.1) is 0 Å². The van der Waals surface area contributed by atoms with Gasteiger partial charge in [0.15, 0.2) is 5.60 Å². The molecule has 1 aromatic carbocycles. The first-order chi connectivity index (χ1) is 12.0. The van der Waals surface area contributed by atoms with Gasteiger partial charge >= 0.3 is 0 Å². The number of ether oxygens (including phenoxy) is 1. The first kappa shape index (κ1) is 18.6. The maximum atomic E-state index is 12.5. The van der Waals surface area contributed by atoms with Crippen LogP contribution in [0.4, 0.5) is 0 Å². The van der Waals surface area contributed by atoms with Crippen LogP contribution in [-0.2, 0) is 21.0 Å². The van der Waals surface area contributed by atoms with E-state index in [2.05, 4.69) is 10.5 Å². The van der Waals surface area contributed by atoms with Crippen LogP contribution in [0, 0.1) is 18.3 Å². The molecule has 1 aliphatic rings. The number of carbonyl (C=O) groups is 1. The summed E-state index contributed by atoms with van der Waals surface area (Å²) in [6.45, 7) is 2.28. The van der Waals surface area contributed by atoms with Crippen LogP contribution < -0.4 is 5.32 Å². The lowest BCUT2D eigenvalue weighted by Gasteiger charge is -2.33. The topological polar surface area (TPSA) is 83.8 Å². The smallest absolute Gasteiger partial charge is 0.258 e. The van der Waals surface area contributed by atoms with Gasteiger partial charge in [0.1, 0.15) is 6.61 Å². The Kier molecular flexibility index (Phi) is 6.25. The van der Waals surface area contributed by atoms with E-state index < -0.39 is 17.4 Å². The fraction of sp³-hybridized carbons (Fsp3) is 0.316. The van der Waals surface area contributed by atoms with E-state index in [4.69, 9.17) is 15.0 Å². The molecule has 2 rings (SSSR count). The maximum Gasteiger partial charge on any atom is 0.258 e. The second kappa shape index (κ2) is 8.39. The van der Waals surface area contributed by atoms with E-state index in [-0.39, 0.29) is 12.3 Å². The van der Waals surface area contributed by atoms with Gasteiger partial charge in [0.05, 0.1) is 12.1 Å². The van der Waals surface area contributed by atoms with E-state index >= 15 is 0 Å². The molecule has 2 N–H and O–H groups in total. The molecule has 0 heterocycles. The largest absolute Gasteiger partial charge is 0.391 e. The number of oxime groups is 1. The highest BCUT2D eigenvalue weighted by Crippen LogP contribution is 2.26. The molecule has 1 aliphatic carbocycles. The highest BCUT2D eigenvalue weighted by atomic mass is 16.6. The Morgan fingerprint density at radius 2 is 2.24 bits per heavy atom. The van der Waals surface area contributed by atoms with Crippen molar-refractivity contribution in [2.24, 2.45) is 11.1 Å². The van der Waals surface area contributed by atoms with Gasteiger partial charge in [-0.2, -0.15) is 0 Å². The molecule has 6 nitrogen and oxygen atoms in total. The molecule has 1 aromatic rings. The molecular formula is C19H23N3O3. The number of methoxy groups -OCH3 is 1. The number of nitrogens with one attached hydrogen (secondary N) is 2. The molecule has 0 aromatic heterocycles. The lowest BCUT2D eigenvalue weighted by atomic mass is 9.81. The Labute approximate surface area is 147 Å². The molecule has 0 spiro atoms. The molecule has 0 bridgehead atoms. The number of hydrogen-bond donors (Lipinski definition) is 2. The molecular weight excluding hydrogens is 318 g/mol. The summed E-state index contributed by atoms with van der Waals surface area (Å²) < 4.78 is 5.50. The number of allylic oxidation sites excluding steroid dienone is 3. The number of benzene rings is 1. The molecule has 132 valence electrons. The zero-order valence-electron chi connectivity index (χ0n) is 14.7. The van der Waals surface area contributed by atoms with E-state index in [0.29, 0.717) is 0 Å². The molecule has 2 atom stereocenters. The van der Waals surface area contributed by atoms with E-state index in [9.17, 15) is 4.79 Å². The minimum absolute atomic E-state index is 0.262. The first-order valence-electron chi connectivity index (χ1n) is 7.96. The molecule has 0 saturated heterocycles. The summed E-state index contributed by atoms with van der Waals surface area (Å²) in [4.78, 5) is 17.8. The fourth-order valence-corrected chi connectivity index (χ4v) is 2.69. The lowest BCUT2D eigenvalue weighted by Crippen LogP contribution is -2.55. The average molecular weight is 341 g/mol. The molecule has 0 saturated carbocycles. The first-order valence-corrected chi connectivity index (χ1v) is 7.96. The Hall–Kier alpha value is -2.73. The molecule has 2 unspecified atom stereocenters. The maximum absolute atomic E-state index is 12.5. The summed E-state index contributed by atoms with van der Waals surface area (Å²) in [6.07, 6.45) is 8.22. The summed E-state index contributed by atoms with van der Waals surface area (Å²) in [6, 6.07) is 7.89. The third-order valence-electron chi connectivity index (χ3n) is 4.04. The van der Waals surface area contributed by atoms with Gasteiger partial charge in [0.25, 0.3) is 5.91 Å². The Bertz CT molecular complexity index is 724. The number of aryl methyl sites for hydroxylation is 1. The summed E-state index contributed by atoms with van der Waals surface area (Å²) in [7, 11) is 2.94. The van der Waals surface area contributed by atoms with Crippen LogP contribution in [-0.4, -0.2) is 37.6 Å². The van der Waals surface area contributed by atoms with Gasteiger partial charge < -0.3 is 20.3 Å². The summed E-state index contributed by atoms with van der Waals surface area (Å²) in [5.74, 6) is -0.985. The van der Waals surface area contributed by atoms with Crippen molar-refractivity contribution >= 4 is 17.8 Å². The third kappa shape index (κ3) is 4.22. The Morgan fingerprint density at radius 1 is 1.44 bits per heavy atom. The Balaban J connectivity index is 2.18. The number of hydrogen-bond acceptors (Lipinski definition) is 5. The number of carbonyl (C=O) groups excluding carboxylic acids is 1. The molecule has 6 heteroatoms. The van der Waals surface area contributed by atoms with Gasteiger partial charge in [-0.05, 0) is 18.6 Å². The van der Waals surface area contributed by atoms with Crippen molar-refractivity contribution < 1.29 is 14.4 Å². The van der Waals surface area contributed by atoms with Gasteiger partial charge in [-0.25, -0.2) is 0 Å². The summed E-state index contributed by atoms with van der Waals surface area (Å²) in [5, 5.41) is 14.6. The van der Waals surface area contributed by atoms with Crippen LogP contribution in [0.1, 0.15) is 11.1 Å². The number of rotatable bonds is 7. The molecule has 25 heavy (non-hydrogen) atoms. The van der Waals surface area contributed by atoms with Crippen molar-refractivity contribution in [2.45, 2.75) is 19.1 Å². The SMILES string of the molecule is CNC(=O)C(C=NOCc1cccc(C)c1)(OC)C1C=CC=CC1=N. The summed E-state index contributed by atoms with van der Waals surface area (Å²) >= 11 is 0. The zero-order chi connectivity index (χ0) is 18.3. The van der Waals surface area contributed by atoms with Crippen molar-refractivity contribution in [1.29, 1.82) is 5.41 Å². The van der Waals surface area contributed by atoms with Crippen molar-refractivity contribution in [3.63, 3.8) is 0 Å². The van der Waals surface area contributed by atoms with E-state index in [1.165, 1.54) is 20.4 Å². The molecule has 1 amide bonds. The standard InChI is InChI=1S/C19H23N3O3/c1-14-7-6-8-15(11-14)12-25-22-13-19(24-3,18(23)21-2)16-9-4-5-10-17(16)20/h4-11,13,16,20H,12H2,1-3H3,(H,21,23). The normalized spacial score (nSPS) is 19.0. The quantitative estimate of drug-likeness (QED) is 0.590. The molecule has 0 fully saturated rings. The van der Waals surface area contributed by atoms with Crippen molar-refractivity contribution in [1.82, 2.24) is 5.32 Å². The highest BCUT2D eigenvalue weighted by molar-refractivity contribution is 6.10. The number of likely N-dealkylation sites (N-methyl/N-ethyl adjacent to an activating group) is 1. The van der Waals surface area contributed by atoms with Crippen molar-refractivity contribution in [3.05, 3.63) is 59.7 Å². The molecule has 0 aliphatic heterocycles. The average Bonchev–Trinajstić information content (AvgIpc) is 2.62. The van der Waals surface area contributed by atoms with Crippen LogP contribution in [0.2, 0.25) is 0 Å². The zero-order valence-corrected chi connectivity index (χ0v) is 14.7. The fourth-order valence-electron chi connectivity index (χ4n) is 2.69. The minimum atomic E-state index is -1.44. The predicted octanol–water partition coefficient (Wildman–Crippen LogP) is 2.39. The number of nitrogens with zero attached hydrogens (tertiary/aromatic N) is 1. The van der Waals surface area contributed by atoms with Gasteiger partial charge in [0, 0.05) is 19.9 Å². The van der Waals surface area contributed by atoms with Crippen LogP contribution in [0.5, 0.6) is 0 Å². The summed E-state index contributed by atoms with van der Waals surface area (Å²) in [5.41, 5.74) is 0.931. The van der Waals surface area contributed by atoms with E-state index in [1.807, 2.05) is 31.2 Å². The van der Waals surface area contributed by atoms with Crippen LogP contribution in [0.25, 0.3) is 0 Å². The second-order valence-corrected chi connectivity index (χ2v) is 5.75. The van der Waals surface area contributed by atoms with Gasteiger partial charge in [0.2, 0.25) is 0 Å². The van der Waals surface area contributed by atoms with Crippen LogP contribution in [0.15, 0.2) is 53.7 Å². The number of amides is 1. The predicted molar refractivity (Wildman–Crippen MR) is 97.8 cm³/mol. The van der Waals surface area contributed by atoms with Gasteiger partial charge in [-0.3, -0.25) is 4.79 Å². The minimum Gasteiger partial charge on any atom is -0.391 e. The second-order valence-electron chi connectivity index (χ2n) is 5.75. The highest BCUT2D eigenvalue weighted by Gasteiger charge is 2.46. The van der Waals surface area contributed by atoms with E-state index in [0.717, 1.165) is 11.1 Å². The van der Waals surface area contributed by atoms with Crippen LogP contribution in [0.3, 0.4) is 0 Å². The molecule has 0 radical (unpaired) electrons. The van der Waals surface area contributed by atoms with E-state index in [1.54, 1.807) is 24.3 Å². The van der Waals surface area contributed by atoms with Crippen LogP contribution >= 0.6 is 0 Å². The lowest BCUT2D eigenvalue weighted by molar-refractivity contribution is -0.136. The van der Waals surface area contributed by atoms with Gasteiger partial charge in [-0.1, -0.05) is 53.2 Å². The Morgan fingerprint density at radius 3 is 2.88 bits per heavy atom. The van der Waals surface area contributed by atoms with Crippen molar-refractivity contribution in [3.8, 4) is 0 Å². The van der Waals surface area contributed by atoms with Crippen molar-refractivity contribution in [2.75, 3.05) is 14.2 Å².